The number of ether oxygens (including phenoxy) is 1. The lowest BCUT2D eigenvalue weighted by molar-refractivity contribution is 0.0997. The highest BCUT2D eigenvalue weighted by Crippen LogP contribution is 2.28. The van der Waals surface area contributed by atoms with Crippen molar-refractivity contribution in [1.82, 2.24) is 14.1 Å². The molecule has 0 unspecified atom stereocenters. The molecule has 1 aromatic carbocycles. The summed E-state index contributed by atoms with van der Waals surface area (Å²) >= 11 is 0. The number of methoxy groups -OCH3 is 1. The van der Waals surface area contributed by atoms with Crippen LogP contribution >= 0.6 is 0 Å². The van der Waals surface area contributed by atoms with E-state index in [-0.39, 0.29) is 16.2 Å². The van der Waals surface area contributed by atoms with E-state index in [0.717, 1.165) is 30.8 Å². The maximum atomic E-state index is 13.0. The summed E-state index contributed by atoms with van der Waals surface area (Å²) in [4.78, 5) is 11.7. The van der Waals surface area contributed by atoms with Gasteiger partial charge < -0.3 is 10.5 Å². The van der Waals surface area contributed by atoms with E-state index in [1.165, 1.54) is 29.6 Å². The monoisotopic (exact) mass is 406 g/mol. The maximum Gasteiger partial charge on any atom is 0.252 e. The number of aryl methyl sites for hydroxylation is 2. The number of hydrogen-bond donors (Lipinski definition) is 1. The van der Waals surface area contributed by atoms with Crippen LogP contribution in [-0.2, 0) is 16.6 Å². The summed E-state index contributed by atoms with van der Waals surface area (Å²) in [6.45, 7) is 5.66. The minimum Gasteiger partial charge on any atom is -0.496 e. The Morgan fingerprint density at radius 3 is 2.46 bits per heavy atom. The van der Waals surface area contributed by atoms with E-state index in [1.807, 2.05) is 24.6 Å². The largest absolute Gasteiger partial charge is 0.496 e. The van der Waals surface area contributed by atoms with Crippen molar-refractivity contribution >= 4 is 15.9 Å². The first kappa shape index (κ1) is 20.3. The lowest BCUT2D eigenvalue weighted by atomic mass is 9.98. The molecule has 0 spiro atoms. The molecule has 1 amide bonds. The van der Waals surface area contributed by atoms with Gasteiger partial charge in [-0.3, -0.25) is 9.48 Å². The molecule has 1 fully saturated rings. The van der Waals surface area contributed by atoms with Crippen molar-refractivity contribution in [1.29, 1.82) is 0 Å². The van der Waals surface area contributed by atoms with E-state index in [9.17, 15) is 13.2 Å². The predicted molar refractivity (Wildman–Crippen MR) is 105 cm³/mol. The van der Waals surface area contributed by atoms with Gasteiger partial charge in [-0.25, -0.2) is 8.42 Å². The van der Waals surface area contributed by atoms with Gasteiger partial charge in [0.05, 0.1) is 23.3 Å². The number of amides is 1. The molecule has 2 N–H and O–H groups in total. The van der Waals surface area contributed by atoms with Crippen molar-refractivity contribution < 1.29 is 17.9 Å². The highest BCUT2D eigenvalue weighted by molar-refractivity contribution is 7.89. The summed E-state index contributed by atoms with van der Waals surface area (Å²) in [6, 6.07) is 6.24. The summed E-state index contributed by atoms with van der Waals surface area (Å²) in [7, 11) is -2.29. The number of piperidine rings is 1. The number of carbonyl (C=O) groups excluding carboxylic acids is 1. The number of aromatic nitrogens is 2. The Kier molecular flexibility index (Phi) is 5.76. The van der Waals surface area contributed by atoms with Gasteiger partial charge in [0, 0.05) is 25.3 Å². The van der Waals surface area contributed by atoms with Crippen LogP contribution in [0.15, 0.2) is 29.2 Å². The Balaban J connectivity index is 1.72. The smallest absolute Gasteiger partial charge is 0.252 e. The number of hydrogen-bond acceptors (Lipinski definition) is 5. The fourth-order valence-electron chi connectivity index (χ4n) is 3.63. The summed E-state index contributed by atoms with van der Waals surface area (Å²) in [6.07, 6.45) is 1.52. The summed E-state index contributed by atoms with van der Waals surface area (Å²) in [5, 5.41) is 4.49. The van der Waals surface area contributed by atoms with Crippen LogP contribution in [0.5, 0.6) is 5.75 Å². The highest BCUT2D eigenvalue weighted by atomic mass is 32.2. The number of carbonyl (C=O) groups is 1. The van der Waals surface area contributed by atoms with Gasteiger partial charge in [-0.15, -0.1) is 0 Å². The van der Waals surface area contributed by atoms with Crippen molar-refractivity contribution in [2.75, 3.05) is 20.2 Å². The molecule has 0 radical (unpaired) electrons. The average Bonchev–Trinajstić information content (AvgIpc) is 2.98. The van der Waals surface area contributed by atoms with Gasteiger partial charge in [0.25, 0.3) is 5.91 Å². The lowest BCUT2D eigenvalue weighted by Gasteiger charge is -2.31. The standard InChI is InChI=1S/C19H26N4O4S/c1-13-10-14(2)23(21-13)12-15-6-8-22(9-7-15)28(25,26)16-4-5-18(27-3)17(11-16)19(20)24/h4-5,10-11,15H,6-9,12H2,1-3H3,(H2,20,24). The van der Waals surface area contributed by atoms with Crippen molar-refractivity contribution in [3.05, 3.63) is 41.2 Å². The average molecular weight is 407 g/mol. The summed E-state index contributed by atoms with van der Waals surface area (Å²) in [5.41, 5.74) is 7.51. The number of benzene rings is 1. The lowest BCUT2D eigenvalue weighted by Crippen LogP contribution is -2.39. The molecule has 1 saturated heterocycles. The molecule has 0 atom stereocenters. The van der Waals surface area contributed by atoms with Crippen LogP contribution < -0.4 is 10.5 Å². The van der Waals surface area contributed by atoms with E-state index in [1.54, 1.807) is 0 Å². The van der Waals surface area contributed by atoms with E-state index in [0.29, 0.717) is 19.0 Å². The minimum absolute atomic E-state index is 0.0547. The predicted octanol–water partition coefficient (Wildman–Crippen LogP) is 1.71. The van der Waals surface area contributed by atoms with Gasteiger partial charge in [0.2, 0.25) is 10.0 Å². The topological polar surface area (TPSA) is 108 Å². The normalized spacial score (nSPS) is 16.2. The van der Waals surface area contributed by atoms with Crippen LogP contribution in [0.3, 0.4) is 0 Å². The van der Waals surface area contributed by atoms with Crippen molar-refractivity contribution in [2.24, 2.45) is 11.7 Å². The Bertz CT molecular complexity index is 976. The molecule has 8 nitrogen and oxygen atoms in total. The maximum absolute atomic E-state index is 13.0. The SMILES string of the molecule is COc1ccc(S(=O)(=O)N2CCC(Cn3nc(C)cc3C)CC2)cc1C(N)=O. The summed E-state index contributed by atoms with van der Waals surface area (Å²) < 4.78 is 34.5. The molecule has 0 aliphatic carbocycles. The third-order valence-electron chi connectivity index (χ3n) is 5.18. The van der Waals surface area contributed by atoms with Gasteiger partial charge in [-0.05, 0) is 56.9 Å². The molecule has 1 aliphatic rings. The molecule has 9 heteroatoms. The van der Waals surface area contributed by atoms with E-state index < -0.39 is 15.9 Å². The third kappa shape index (κ3) is 4.05. The fraction of sp³-hybridized carbons (Fsp3) is 0.474. The first-order valence-electron chi connectivity index (χ1n) is 9.21. The molecule has 152 valence electrons. The van der Waals surface area contributed by atoms with Crippen molar-refractivity contribution in [3.63, 3.8) is 0 Å². The van der Waals surface area contributed by atoms with E-state index in [2.05, 4.69) is 5.10 Å². The Labute approximate surface area is 165 Å². The quantitative estimate of drug-likeness (QED) is 0.786. The second-order valence-corrected chi connectivity index (χ2v) is 9.12. The van der Waals surface area contributed by atoms with Crippen LogP contribution in [0.4, 0.5) is 0 Å². The number of primary amides is 1. The Morgan fingerprint density at radius 2 is 1.93 bits per heavy atom. The molecule has 1 aromatic heterocycles. The first-order chi connectivity index (χ1) is 13.2. The van der Waals surface area contributed by atoms with Gasteiger partial charge in [0.1, 0.15) is 5.75 Å². The van der Waals surface area contributed by atoms with Gasteiger partial charge in [-0.2, -0.15) is 9.40 Å². The second kappa shape index (κ2) is 7.92. The van der Waals surface area contributed by atoms with Gasteiger partial charge in [0.15, 0.2) is 0 Å². The highest BCUT2D eigenvalue weighted by Gasteiger charge is 2.30. The number of sulfonamides is 1. The number of nitrogens with zero attached hydrogens (tertiary/aromatic N) is 3. The molecule has 2 heterocycles. The minimum atomic E-state index is -3.70. The van der Waals surface area contributed by atoms with Crippen molar-refractivity contribution in [3.8, 4) is 5.75 Å². The Morgan fingerprint density at radius 1 is 1.25 bits per heavy atom. The first-order valence-corrected chi connectivity index (χ1v) is 10.7. The molecule has 2 aromatic rings. The van der Waals surface area contributed by atoms with Crippen LogP contribution in [0, 0.1) is 19.8 Å². The van der Waals surface area contributed by atoms with Crippen LogP contribution in [-0.4, -0.2) is 48.6 Å². The molecule has 0 saturated carbocycles. The molecule has 28 heavy (non-hydrogen) atoms. The number of nitrogens with two attached hydrogens (primary N) is 1. The third-order valence-corrected chi connectivity index (χ3v) is 7.08. The van der Waals surface area contributed by atoms with Gasteiger partial charge >= 0.3 is 0 Å². The number of rotatable bonds is 6. The zero-order valence-corrected chi connectivity index (χ0v) is 17.2. The summed E-state index contributed by atoms with van der Waals surface area (Å²) in [5.74, 6) is -0.0889. The van der Waals surface area contributed by atoms with Crippen LogP contribution in [0.2, 0.25) is 0 Å². The second-order valence-electron chi connectivity index (χ2n) is 7.18. The molecular weight excluding hydrogens is 380 g/mol. The van der Waals surface area contributed by atoms with E-state index in [4.69, 9.17) is 10.5 Å². The van der Waals surface area contributed by atoms with Crippen LogP contribution in [0.1, 0.15) is 34.6 Å². The molecular formula is C19H26N4O4S. The van der Waals surface area contributed by atoms with Gasteiger partial charge in [-0.1, -0.05) is 0 Å². The zero-order chi connectivity index (χ0) is 20.5. The fourth-order valence-corrected chi connectivity index (χ4v) is 5.12. The zero-order valence-electron chi connectivity index (χ0n) is 16.4. The molecule has 3 rings (SSSR count). The molecule has 1 aliphatic heterocycles. The Hall–Kier alpha value is -2.39. The molecule has 0 bridgehead atoms. The van der Waals surface area contributed by atoms with E-state index >= 15 is 0 Å². The van der Waals surface area contributed by atoms with Crippen molar-refractivity contribution in [2.45, 2.75) is 38.1 Å². The van der Waals surface area contributed by atoms with Crippen LogP contribution in [0.25, 0.3) is 0 Å².